The highest BCUT2D eigenvalue weighted by Crippen LogP contribution is 2.17. The quantitative estimate of drug-likeness (QED) is 0.409. The van der Waals surface area contributed by atoms with Gasteiger partial charge in [0.2, 0.25) is 5.91 Å². The number of amides is 1. The van der Waals surface area contributed by atoms with Crippen LogP contribution in [0.2, 0.25) is 0 Å². The SMILES string of the molecule is CCNC(=NCc1cccc(CN2CCCC2=O)c1)NC(C)c1cccc(-n2cccn2)c1. The Morgan fingerprint density at radius 1 is 1.15 bits per heavy atom. The van der Waals surface area contributed by atoms with Gasteiger partial charge in [-0.25, -0.2) is 9.67 Å². The van der Waals surface area contributed by atoms with E-state index in [1.165, 1.54) is 0 Å². The minimum absolute atomic E-state index is 0.0748. The zero-order valence-corrected chi connectivity index (χ0v) is 19.4. The lowest BCUT2D eigenvalue weighted by atomic mass is 10.1. The van der Waals surface area contributed by atoms with Crippen LogP contribution in [0, 0.1) is 0 Å². The molecule has 7 heteroatoms. The van der Waals surface area contributed by atoms with Gasteiger partial charge in [-0.15, -0.1) is 0 Å². The molecule has 172 valence electrons. The Hall–Kier alpha value is -3.61. The first-order valence-electron chi connectivity index (χ1n) is 11.6. The van der Waals surface area contributed by atoms with E-state index in [1.807, 2.05) is 40.0 Å². The zero-order chi connectivity index (χ0) is 23.0. The number of guanidine groups is 1. The number of benzene rings is 2. The summed E-state index contributed by atoms with van der Waals surface area (Å²) in [7, 11) is 0. The van der Waals surface area contributed by atoms with Crippen LogP contribution >= 0.6 is 0 Å². The van der Waals surface area contributed by atoms with E-state index in [0.717, 1.165) is 47.8 Å². The van der Waals surface area contributed by atoms with Gasteiger partial charge in [0.05, 0.1) is 18.3 Å². The fourth-order valence-corrected chi connectivity index (χ4v) is 4.05. The Kier molecular flexibility index (Phi) is 7.40. The maximum absolute atomic E-state index is 11.9. The number of nitrogens with one attached hydrogen (secondary N) is 2. The third kappa shape index (κ3) is 6.00. The number of nitrogens with zero attached hydrogens (tertiary/aromatic N) is 4. The molecule has 1 amide bonds. The van der Waals surface area contributed by atoms with Crippen LogP contribution in [0.1, 0.15) is 49.4 Å². The molecule has 0 bridgehead atoms. The van der Waals surface area contributed by atoms with Crippen molar-refractivity contribution in [3.05, 3.63) is 83.7 Å². The van der Waals surface area contributed by atoms with Crippen LogP contribution in [-0.4, -0.2) is 39.6 Å². The Morgan fingerprint density at radius 3 is 2.76 bits per heavy atom. The summed E-state index contributed by atoms with van der Waals surface area (Å²) in [5.41, 5.74) is 4.47. The third-order valence-corrected chi connectivity index (χ3v) is 5.79. The molecule has 1 aromatic heterocycles. The molecule has 0 spiro atoms. The summed E-state index contributed by atoms with van der Waals surface area (Å²) >= 11 is 0. The van der Waals surface area contributed by atoms with Gasteiger partial charge >= 0.3 is 0 Å². The first-order valence-corrected chi connectivity index (χ1v) is 11.6. The summed E-state index contributed by atoms with van der Waals surface area (Å²) in [6.45, 7) is 7.07. The Labute approximate surface area is 195 Å². The number of carbonyl (C=O) groups is 1. The summed E-state index contributed by atoms with van der Waals surface area (Å²) in [6.07, 6.45) is 5.35. The molecule has 0 radical (unpaired) electrons. The average molecular weight is 445 g/mol. The van der Waals surface area contributed by atoms with Crippen molar-refractivity contribution in [3.8, 4) is 5.69 Å². The van der Waals surface area contributed by atoms with Crippen LogP contribution in [0.5, 0.6) is 0 Å². The summed E-state index contributed by atoms with van der Waals surface area (Å²) in [4.78, 5) is 18.7. The zero-order valence-electron chi connectivity index (χ0n) is 19.4. The van der Waals surface area contributed by atoms with E-state index in [9.17, 15) is 4.79 Å². The second-order valence-corrected chi connectivity index (χ2v) is 8.35. The van der Waals surface area contributed by atoms with Gasteiger partial charge in [-0.3, -0.25) is 4.79 Å². The fraction of sp³-hybridized carbons (Fsp3) is 0.346. The topological polar surface area (TPSA) is 74.6 Å². The second kappa shape index (κ2) is 10.8. The van der Waals surface area contributed by atoms with Crippen molar-refractivity contribution in [2.75, 3.05) is 13.1 Å². The molecule has 1 aliphatic rings. The Bertz CT molecular complexity index is 1090. The molecule has 3 aromatic rings. The standard InChI is InChI=1S/C26H32N6O/c1-3-27-26(30-20(2)23-10-5-11-24(17-23)32-15-7-13-29-32)28-18-21-8-4-9-22(16-21)19-31-14-6-12-25(31)33/h4-5,7-11,13,15-17,20H,3,6,12,14,18-19H2,1-2H3,(H2,27,28,30). The maximum Gasteiger partial charge on any atom is 0.222 e. The van der Waals surface area contributed by atoms with E-state index in [2.05, 4.69) is 59.9 Å². The highest BCUT2D eigenvalue weighted by molar-refractivity contribution is 5.80. The largest absolute Gasteiger partial charge is 0.357 e. The van der Waals surface area contributed by atoms with E-state index < -0.39 is 0 Å². The van der Waals surface area contributed by atoms with E-state index in [-0.39, 0.29) is 11.9 Å². The van der Waals surface area contributed by atoms with Crippen molar-refractivity contribution in [2.45, 2.75) is 45.8 Å². The summed E-state index contributed by atoms with van der Waals surface area (Å²) in [6, 6.07) is 18.7. The van der Waals surface area contributed by atoms with Crippen LogP contribution in [-0.2, 0) is 17.9 Å². The van der Waals surface area contributed by atoms with E-state index in [1.54, 1.807) is 6.20 Å². The van der Waals surface area contributed by atoms with Gasteiger partial charge in [0.1, 0.15) is 0 Å². The van der Waals surface area contributed by atoms with Crippen molar-refractivity contribution in [1.29, 1.82) is 0 Å². The smallest absolute Gasteiger partial charge is 0.222 e. The van der Waals surface area contributed by atoms with Gasteiger partial charge in [-0.2, -0.15) is 5.10 Å². The molecule has 2 N–H and O–H groups in total. The van der Waals surface area contributed by atoms with Gasteiger partial charge in [0.25, 0.3) is 0 Å². The number of carbonyl (C=O) groups excluding carboxylic acids is 1. The number of likely N-dealkylation sites (tertiary alicyclic amines) is 1. The summed E-state index contributed by atoms with van der Waals surface area (Å²) < 4.78 is 1.86. The van der Waals surface area contributed by atoms with Crippen LogP contribution in [0.25, 0.3) is 5.69 Å². The minimum atomic E-state index is 0.0748. The highest BCUT2D eigenvalue weighted by atomic mass is 16.2. The van der Waals surface area contributed by atoms with Crippen molar-refractivity contribution in [1.82, 2.24) is 25.3 Å². The predicted octanol–water partition coefficient (Wildman–Crippen LogP) is 3.81. The maximum atomic E-state index is 11.9. The summed E-state index contributed by atoms with van der Waals surface area (Å²) in [5.74, 6) is 1.03. The first-order chi connectivity index (χ1) is 16.1. The van der Waals surface area contributed by atoms with Crippen LogP contribution in [0.3, 0.4) is 0 Å². The van der Waals surface area contributed by atoms with E-state index >= 15 is 0 Å². The molecule has 1 aliphatic heterocycles. The molecule has 2 heterocycles. The van der Waals surface area contributed by atoms with Crippen LogP contribution in [0.4, 0.5) is 0 Å². The van der Waals surface area contributed by atoms with Crippen molar-refractivity contribution >= 4 is 11.9 Å². The molecule has 4 rings (SSSR count). The number of hydrogen-bond acceptors (Lipinski definition) is 3. The molecular formula is C26H32N6O. The molecule has 1 fully saturated rings. The number of aliphatic imine (C=N–C) groups is 1. The van der Waals surface area contributed by atoms with Gasteiger partial charge in [-0.1, -0.05) is 36.4 Å². The van der Waals surface area contributed by atoms with Crippen molar-refractivity contribution in [3.63, 3.8) is 0 Å². The molecule has 0 saturated carbocycles. The predicted molar refractivity (Wildman–Crippen MR) is 131 cm³/mol. The van der Waals surface area contributed by atoms with Crippen LogP contribution < -0.4 is 10.6 Å². The van der Waals surface area contributed by atoms with Gasteiger partial charge < -0.3 is 15.5 Å². The molecule has 1 saturated heterocycles. The molecule has 2 aromatic carbocycles. The molecule has 1 atom stereocenters. The third-order valence-electron chi connectivity index (χ3n) is 5.79. The van der Waals surface area contributed by atoms with Gasteiger partial charge in [0, 0.05) is 38.4 Å². The normalized spacial score (nSPS) is 15.0. The van der Waals surface area contributed by atoms with Crippen molar-refractivity contribution < 1.29 is 4.79 Å². The second-order valence-electron chi connectivity index (χ2n) is 8.35. The Morgan fingerprint density at radius 2 is 2.00 bits per heavy atom. The van der Waals surface area contributed by atoms with E-state index in [0.29, 0.717) is 19.5 Å². The van der Waals surface area contributed by atoms with Crippen molar-refractivity contribution in [2.24, 2.45) is 4.99 Å². The lowest BCUT2D eigenvalue weighted by Crippen LogP contribution is -2.38. The van der Waals surface area contributed by atoms with E-state index in [4.69, 9.17) is 4.99 Å². The fourth-order valence-electron chi connectivity index (χ4n) is 4.05. The number of hydrogen-bond donors (Lipinski definition) is 2. The molecule has 1 unspecified atom stereocenters. The van der Waals surface area contributed by atoms with Gasteiger partial charge in [-0.05, 0) is 55.2 Å². The Balaban J connectivity index is 1.42. The highest BCUT2D eigenvalue weighted by Gasteiger charge is 2.20. The molecule has 7 nitrogen and oxygen atoms in total. The average Bonchev–Trinajstić information content (AvgIpc) is 3.50. The number of rotatable bonds is 8. The molecule has 33 heavy (non-hydrogen) atoms. The lowest BCUT2D eigenvalue weighted by Gasteiger charge is -2.19. The first kappa shape index (κ1) is 22.6. The molecule has 0 aliphatic carbocycles. The van der Waals surface area contributed by atoms with Crippen LogP contribution in [0.15, 0.2) is 72.0 Å². The minimum Gasteiger partial charge on any atom is -0.357 e. The number of aromatic nitrogens is 2. The lowest BCUT2D eigenvalue weighted by molar-refractivity contribution is -0.128. The molecular weight excluding hydrogens is 412 g/mol. The van der Waals surface area contributed by atoms with Gasteiger partial charge in [0.15, 0.2) is 5.96 Å². The monoisotopic (exact) mass is 444 g/mol. The summed E-state index contributed by atoms with van der Waals surface area (Å²) in [5, 5.41) is 11.2.